The average molecular weight is 997 g/mol. The number of Topliss-reactive ketones (excluding diaryl/α,β-unsaturated/α-hetero) is 2. The number of fused-ring (bicyclic) bond motifs is 12. The Kier molecular flexibility index (Phi) is 12.0. The zero-order valence-corrected chi connectivity index (χ0v) is 38.6. The lowest BCUT2D eigenvalue weighted by molar-refractivity contribution is 0.0814. The van der Waals surface area contributed by atoms with E-state index >= 15 is 0 Å². The number of carbonyl (C=O) groups excluding carboxylic acids is 2. The molecule has 0 fully saturated rings. The Hall–Kier alpha value is -10.9. The van der Waals surface area contributed by atoms with Crippen LogP contribution in [0, 0.1) is 0 Å². The van der Waals surface area contributed by atoms with Gasteiger partial charge in [-0.1, -0.05) is 14.9 Å². The Labute approximate surface area is 431 Å². The van der Waals surface area contributed by atoms with Crippen LogP contribution < -0.4 is 11.5 Å². The molecule has 0 amide bonds. The topological polar surface area (TPSA) is 278 Å². The molecule has 0 radical (unpaired) electrons. The lowest BCUT2D eigenvalue weighted by Crippen LogP contribution is -2.22. The highest BCUT2D eigenvalue weighted by atomic mass is 16.2. The summed E-state index contributed by atoms with van der Waals surface area (Å²) in [6, 6.07) is 37.4. The fourth-order valence-corrected chi connectivity index (χ4v) is 9.15. The van der Waals surface area contributed by atoms with Gasteiger partial charge in [-0.15, -0.1) is 0 Å². The third-order valence-electron chi connectivity index (χ3n) is 12.6. The summed E-state index contributed by atoms with van der Waals surface area (Å²) in [6.07, 6.45) is 14.2. The maximum Gasteiger partial charge on any atom is 0.235 e. The molecule has 1 aliphatic rings. The number of nitrogen functional groups attached to an aromatic ring is 2. The van der Waals surface area contributed by atoms with Gasteiger partial charge in [0.1, 0.15) is 34.2 Å². The molecule has 0 bridgehead atoms. The summed E-state index contributed by atoms with van der Waals surface area (Å²) in [5.74, 6) is -1.02. The molecule has 11 heterocycles. The second-order valence-corrected chi connectivity index (χ2v) is 17.2. The summed E-state index contributed by atoms with van der Waals surface area (Å²) >= 11 is 0. The largest absolute Gasteiger partial charge is 0.397 e. The van der Waals surface area contributed by atoms with Crippen molar-refractivity contribution in [1.29, 1.82) is 0 Å². The molecule has 14 aromatic rings. The number of nitrogens with two attached hydrogens (primary N) is 2. The highest BCUT2D eigenvalue weighted by Crippen LogP contribution is 2.36. The Morgan fingerprint density at radius 1 is 0.329 bits per heavy atom. The molecule has 8 N–H and O–H groups in total. The number of aromatic amines is 4. The molecule has 1 aliphatic carbocycles. The number of anilines is 2. The quantitative estimate of drug-likeness (QED) is 0.0414. The van der Waals surface area contributed by atoms with Gasteiger partial charge in [-0.25, -0.2) is 29.9 Å². The van der Waals surface area contributed by atoms with Crippen molar-refractivity contribution in [2.45, 2.75) is 14.9 Å². The number of H-pyrrole nitrogens is 4. The molecule has 0 saturated heterocycles. The second kappa shape index (κ2) is 19.3. The number of aromatic nitrogens is 14. The number of hydrogen-bond acceptors (Lipinski definition) is 14. The monoisotopic (exact) mass is 996 g/mol. The van der Waals surface area contributed by atoms with Crippen molar-refractivity contribution in [3.05, 3.63) is 182 Å². The number of nitrogens with zero attached hydrogens (tertiary/aromatic N) is 10. The van der Waals surface area contributed by atoms with Crippen molar-refractivity contribution in [2.24, 2.45) is 0 Å². The zero-order valence-electron chi connectivity index (χ0n) is 38.6. The van der Waals surface area contributed by atoms with Gasteiger partial charge < -0.3 is 31.4 Å². The molecule has 0 atom stereocenters. The lowest BCUT2D eigenvalue weighted by atomic mass is 9.91. The number of rotatable bonds is 4. The van der Waals surface area contributed by atoms with E-state index in [0.717, 1.165) is 100 Å². The smallest absolute Gasteiger partial charge is 0.235 e. The van der Waals surface area contributed by atoms with Gasteiger partial charge in [0.2, 0.25) is 11.6 Å². The van der Waals surface area contributed by atoms with Crippen LogP contribution in [-0.4, -0.2) is 81.3 Å². The summed E-state index contributed by atoms with van der Waals surface area (Å²) in [7, 11) is 0. The molecule has 368 valence electrons. The van der Waals surface area contributed by atoms with E-state index in [2.05, 4.69) is 39.9 Å². The lowest BCUT2D eigenvalue weighted by Gasteiger charge is -2.14. The van der Waals surface area contributed by atoms with Crippen LogP contribution in [0.3, 0.4) is 0 Å². The minimum Gasteiger partial charge on any atom is -0.397 e. The summed E-state index contributed by atoms with van der Waals surface area (Å²) in [6.45, 7) is 0. The van der Waals surface area contributed by atoms with E-state index in [-0.39, 0.29) is 14.9 Å². The molecule has 15 rings (SSSR count). The van der Waals surface area contributed by atoms with E-state index in [9.17, 15) is 9.59 Å². The van der Waals surface area contributed by atoms with Gasteiger partial charge in [-0.05, 0) is 121 Å². The molecule has 0 unspecified atom stereocenters. The van der Waals surface area contributed by atoms with Crippen LogP contribution >= 0.6 is 0 Å². The predicted octanol–water partition coefficient (Wildman–Crippen LogP) is 11.4. The normalized spacial score (nSPS) is 11.6. The molecule has 18 nitrogen and oxygen atoms in total. The third-order valence-corrected chi connectivity index (χ3v) is 12.6. The van der Waals surface area contributed by atoms with Gasteiger partial charge in [0.15, 0.2) is 0 Å². The molecule has 0 saturated carbocycles. The standard InChI is InChI=1S/C28H16N8.C16H14N6.C12H6N2O2.2CH4/c1-5-15-23(31-11-1)24-16(6-2-12-32-24)26-25(15)33-19-13-21-22(14-20(19)34-26)36-28(18-8-4-10-30-18)27(35-21)17-7-3-9-29-17;17-9-7-13-14(8-10(9)18)22-16(12-4-2-6-20-12)15(21-13)11-3-1-5-19-11;15-11-7-3-1-5-13-9(7)10-8(12(11)16)4-2-6-14-10;;/h1-14,29-30H;1-8,19-20H,17-18H2;1-6H;2*1H4. The minimum atomic E-state index is -0.511. The van der Waals surface area contributed by atoms with Crippen molar-refractivity contribution in [2.75, 3.05) is 11.5 Å². The molecule has 18 heteroatoms. The van der Waals surface area contributed by atoms with E-state index in [0.29, 0.717) is 44.9 Å². The second-order valence-electron chi connectivity index (χ2n) is 17.2. The number of benzene rings is 3. The highest BCUT2D eigenvalue weighted by Gasteiger charge is 2.31. The van der Waals surface area contributed by atoms with Crippen molar-refractivity contribution in [1.82, 2.24) is 69.8 Å². The van der Waals surface area contributed by atoms with Crippen LogP contribution in [-0.2, 0) is 0 Å². The first kappa shape index (κ1) is 47.4. The fraction of sp³-hybridized carbons (Fsp3) is 0.0345. The minimum absolute atomic E-state index is 0. The van der Waals surface area contributed by atoms with Gasteiger partial charge in [0.25, 0.3) is 0 Å². The van der Waals surface area contributed by atoms with Crippen LogP contribution in [0.25, 0.3) is 123 Å². The zero-order chi connectivity index (χ0) is 49.9. The molecular weight excluding hydrogens is 953 g/mol. The SMILES string of the molecule is C.C.Nc1cc2nc(-c3ccc[nH]3)c(-c3ccc[nH]3)nc2cc1N.O=C1C(=O)c2cccnc2-c2ncccc21.c1c[nH]c(-c2nc3cc4nc5c6cccnc6c6ncccc6c5nc4cc3nc2-c2ccc[nH]2)c1. The van der Waals surface area contributed by atoms with Crippen molar-refractivity contribution in [3.63, 3.8) is 0 Å². The van der Waals surface area contributed by atoms with Crippen LogP contribution in [0.2, 0.25) is 0 Å². The molecule has 76 heavy (non-hydrogen) atoms. The Morgan fingerprint density at radius 3 is 0.987 bits per heavy atom. The van der Waals surface area contributed by atoms with Crippen LogP contribution in [0.15, 0.2) is 171 Å². The first-order valence-corrected chi connectivity index (χ1v) is 23.2. The maximum absolute atomic E-state index is 11.8. The van der Waals surface area contributed by atoms with Crippen molar-refractivity contribution >= 4 is 88.9 Å². The molecule has 3 aromatic carbocycles. The van der Waals surface area contributed by atoms with Gasteiger partial charge in [-0.2, -0.15) is 0 Å². The summed E-state index contributed by atoms with van der Waals surface area (Å²) in [5, 5.41) is 1.85. The van der Waals surface area contributed by atoms with Gasteiger partial charge in [0, 0.05) is 60.3 Å². The predicted molar refractivity (Wildman–Crippen MR) is 298 cm³/mol. The van der Waals surface area contributed by atoms with E-state index in [1.54, 1.807) is 61.2 Å². The van der Waals surface area contributed by atoms with E-state index < -0.39 is 11.6 Å². The van der Waals surface area contributed by atoms with E-state index in [1.807, 2.05) is 110 Å². The van der Waals surface area contributed by atoms with Crippen molar-refractivity contribution in [3.8, 4) is 56.9 Å². The van der Waals surface area contributed by atoms with Crippen LogP contribution in [0.1, 0.15) is 35.6 Å². The number of nitrogens with one attached hydrogen (secondary N) is 4. The third kappa shape index (κ3) is 8.13. The molecular formula is C58H44N16O2. The number of hydrogen-bond donors (Lipinski definition) is 6. The first-order valence-electron chi connectivity index (χ1n) is 23.2. The number of carbonyl (C=O) groups is 2. The van der Waals surface area contributed by atoms with Crippen LogP contribution in [0.4, 0.5) is 11.4 Å². The van der Waals surface area contributed by atoms with E-state index in [4.69, 9.17) is 41.4 Å². The average Bonchev–Trinajstić information content (AvgIpc) is 4.34. The van der Waals surface area contributed by atoms with Gasteiger partial charge in [-0.3, -0.25) is 29.5 Å². The van der Waals surface area contributed by atoms with Crippen molar-refractivity contribution < 1.29 is 9.59 Å². The van der Waals surface area contributed by atoms with Gasteiger partial charge >= 0.3 is 0 Å². The summed E-state index contributed by atoms with van der Waals surface area (Å²) in [4.78, 5) is 83.4. The molecule has 11 aromatic heterocycles. The van der Waals surface area contributed by atoms with E-state index in [1.165, 1.54) is 0 Å². The molecule has 0 spiro atoms. The van der Waals surface area contributed by atoms with Gasteiger partial charge in [0.05, 0.1) is 100 Å². The summed E-state index contributed by atoms with van der Waals surface area (Å²) in [5.41, 5.74) is 28.8. The number of pyridine rings is 4. The van der Waals surface area contributed by atoms with Crippen LogP contribution in [0.5, 0.6) is 0 Å². The highest BCUT2D eigenvalue weighted by molar-refractivity contribution is 6.52. The Balaban J connectivity index is 0.000000132. The summed E-state index contributed by atoms with van der Waals surface area (Å²) < 4.78 is 0. The Bertz CT molecular complexity index is 4210. The fourth-order valence-electron chi connectivity index (χ4n) is 9.15. The maximum atomic E-state index is 11.8. The number of ketones is 2. The first-order chi connectivity index (χ1) is 36.3. The molecule has 0 aliphatic heterocycles. The Morgan fingerprint density at radius 2 is 0.645 bits per heavy atom.